The molecular formula is C12H9F3N6OS. The van der Waals surface area contributed by atoms with Gasteiger partial charge in [-0.2, -0.15) is 13.2 Å². The van der Waals surface area contributed by atoms with Crippen LogP contribution in [0, 0.1) is 0 Å². The van der Waals surface area contributed by atoms with Crippen molar-refractivity contribution in [2.24, 2.45) is 0 Å². The van der Waals surface area contributed by atoms with E-state index in [-0.39, 0.29) is 16.8 Å². The second-order valence-corrected chi connectivity index (χ2v) is 5.27. The van der Waals surface area contributed by atoms with Gasteiger partial charge in [-0.05, 0) is 12.1 Å². The molecule has 2 heterocycles. The molecule has 23 heavy (non-hydrogen) atoms. The first-order valence-corrected chi connectivity index (χ1v) is 7.22. The molecule has 2 aromatic heterocycles. The van der Waals surface area contributed by atoms with Crippen LogP contribution in [0.1, 0.15) is 11.7 Å². The highest BCUT2D eigenvalue weighted by atomic mass is 32.2. The third-order valence-corrected chi connectivity index (χ3v) is 3.66. The van der Waals surface area contributed by atoms with Crippen molar-refractivity contribution in [1.29, 1.82) is 0 Å². The van der Waals surface area contributed by atoms with E-state index in [2.05, 4.69) is 20.4 Å². The molecule has 7 nitrogen and oxygen atoms in total. The maximum atomic E-state index is 12.6. The van der Waals surface area contributed by atoms with E-state index in [9.17, 15) is 13.2 Å². The summed E-state index contributed by atoms with van der Waals surface area (Å²) in [6.07, 6.45) is -4.66. The van der Waals surface area contributed by atoms with Gasteiger partial charge in [0.05, 0.1) is 5.75 Å². The van der Waals surface area contributed by atoms with Crippen LogP contribution in [0.2, 0.25) is 0 Å². The Morgan fingerprint density at radius 3 is 2.48 bits per heavy atom. The predicted molar refractivity (Wildman–Crippen MR) is 74.5 cm³/mol. The van der Waals surface area contributed by atoms with Gasteiger partial charge in [-0.1, -0.05) is 30.0 Å². The maximum Gasteiger partial charge on any atom is 0.453 e. The fraction of sp³-hybridized carbons (Fsp3) is 0.167. The summed E-state index contributed by atoms with van der Waals surface area (Å²) in [7, 11) is 0. The van der Waals surface area contributed by atoms with E-state index >= 15 is 0 Å². The van der Waals surface area contributed by atoms with E-state index < -0.39 is 12.0 Å². The van der Waals surface area contributed by atoms with Gasteiger partial charge in [-0.15, -0.1) is 20.4 Å². The molecule has 3 aromatic rings. The van der Waals surface area contributed by atoms with E-state index in [0.717, 1.165) is 17.3 Å². The molecule has 0 saturated heterocycles. The molecule has 0 aliphatic carbocycles. The fourth-order valence-corrected chi connectivity index (χ4v) is 2.40. The SMILES string of the molecule is Nn1c(SCc2nnc(-c3ccccc3)o2)nnc1C(F)(F)F. The van der Waals surface area contributed by atoms with Gasteiger partial charge >= 0.3 is 6.18 Å². The average molecular weight is 342 g/mol. The molecule has 0 spiro atoms. The average Bonchev–Trinajstić information content (AvgIpc) is 3.12. The largest absolute Gasteiger partial charge is 0.453 e. The molecule has 3 rings (SSSR count). The van der Waals surface area contributed by atoms with Crippen molar-refractivity contribution in [3.8, 4) is 11.5 Å². The lowest BCUT2D eigenvalue weighted by atomic mass is 10.2. The molecule has 0 fully saturated rings. The highest BCUT2D eigenvalue weighted by molar-refractivity contribution is 7.98. The molecule has 0 atom stereocenters. The molecule has 0 aliphatic rings. The molecule has 0 unspecified atom stereocenters. The van der Waals surface area contributed by atoms with Crippen LogP contribution < -0.4 is 5.84 Å². The molecular weight excluding hydrogens is 333 g/mol. The standard InChI is InChI=1S/C12H9F3N6OS/c13-12(14,15)10-19-20-11(21(10)16)23-6-8-17-18-9(22-8)7-4-2-1-3-5-7/h1-5H,6,16H2. The number of nitrogens with two attached hydrogens (primary N) is 1. The number of hydrogen-bond acceptors (Lipinski definition) is 7. The minimum Gasteiger partial charge on any atom is -0.420 e. The molecule has 0 radical (unpaired) electrons. The number of benzene rings is 1. The number of aromatic nitrogens is 5. The van der Waals surface area contributed by atoms with E-state index in [4.69, 9.17) is 10.3 Å². The van der Waals surface area contributed by atoms with Crippen molar-refractivity contribution in [2.45, 2.75) is 17.1 Å². The second kappa shape index (κ2) is 5.91. The Bertz CT molecular complexity index is 801. The summed E-state index contributed by atoms with van der Waals surface area (Å²) in [6, 6.07) is 9.10. The van der Waals surface area contributed by atoms with E-state index in [1.807, 2.05) is 18.2 Å². The van der Waals surface area contributed by atoms with Crippen LogP contribution in [-0.4, -0.2) is 25.1 Å². The Hall–Kier alpha value is -2.56. The van der Waals surface area contributed by atoms with Gasteiger partial charge in [-0.3, -0.25) is 0 Å². The number of halogens is 3. The molecule has 2 N–H and O–H groups in total. The van der Waals surface area contributed by atoms with Crippen molar-refractivity contribution in [3.63, 3.8) is 0 Å². The lowest BCUT2D eigenvalue weighted by molar-refractivity contribution is -0.146. The molecule has 1 aromatic carbocycles. The Morgan fingerprint density at radius 2 is 1.83 bits per heavy atom. The lowest BCUT2D eigenvalue weighted by Crippen LogP contribution is -2.21. The second-order valence-electron chi connectivity index (χ2n) is 4.33. The van der Waals surface area contributed by atoms with Crippen LogP contribution in [0.15, 0.2) is 39.9 Å². The normalized spacial score (nSPS) is 11.8. The summed E-state index contributed by atoms with van der Waals surface area (Å²) in [6.45, 7) is 0. The minimum absolute atomic E-state index is 0.100. The summed E-state index contributed by atoms with van der Waals surface area (Å²) >= 11 is 0.914. The van der Waals surface area contributed by atoms with E-state index in [1.54, 1.807) is 12.1 Å². The van der Waals surface area contributed by atoms with Gasteiger partial charge < -0.3 is 10.3 Å². The van der Waals surface area contributed by atoms with Crippen molar-refractivity contribution >= 4 is 11.8 Å². The van der Waals surface area contributed by atoms with Crippen LogP contribution in [0.3, 0.4) is 0 Å². The Labute approximate surface area is 131 Å². The fourth-order valence-electron chi connectivity index (χ4n) is 1.70. The third-order valence-electron chi connectivity index (χ3n) is 2.73. The Morgan fingerprint density at radius 1 is 1.09 bits per heavy atom. The zero-order valence-electron chi connectivity index (χ0n) is 11.4. The van der Waals surface area contributed by atoms with Gasteiger partial charge in [0.1, 0.15) is 0 Å². The van der Waals surface area contributed by atoms with Crippen LogP contribution in [0.5, 0.6) is 0 Å². The highest BCUT2D eigenvalue weighted by Crippen LogP contribution is 2.30. The van der Waals surface area contributed by atoms with Crippen molar-refractivity contribution in [3.05, 3.63) is 42.0 Å². The topological polar surface area (TPSA) is 95.7 Å². The lowest BCUT2D eigenvalue weighted by Gasteiger charge is -2.05. The monoisotopic (exact) mass is 342 g/mol. The van der Waals surface area contributed by atoms with E-state index in [1.165, 1.54) is 0 Å². The summed E-state index contributed by atoms with van der Waals surface area (Å²) in [4.78, 5) is 0. The quantitative estimate of drug-likeness (QED) is 0.574. The summed E-state index contributed by atoms with van der Waals surface area (Å²) in [5.41, 5.74) is 0.748. The Balaban J connectivity index is 1.70. The summed E-state index contributed by atoms with van der Waals surface area (Å²) in [5.74, 6) is 4.75. The highest BCUT2D eigenvalue weighted by Gasteiger charge is 2.38. The summed E-state index contributed by atoms with van der Waals surface area (Å²) < 4.78 is 43.5. The number of nitrogens with zero attached hydrogens (tertiary/aromatic N) is 5. The first-order chi connectivity index (χ1) is 10.9. The van der Waals surface area contributed by atoms with Gasteiger partial charge in [-0.25, -0.2) is 4.68 Å². The van der Waals surface area contributed by atoms with Crippen molar-refractivity contribution < 1.29 is 17.6 Å². The van der Waals surface area contributed by atoms with Crippen molar-refractivity contribution in [2.75, 3.05) is 5.84 Å². The first-order valence-electron chi connectivity index (χ1n) is 6.23. The number of rotatable bonds is 4. The number of nitrogen functional groups attached to an aromatic ring is 1. The maximum absolute atomic E-state index is 12.6. The summed E-state index contributed by atoms with van der Waals surface area (Å²) in [5, 5.41) is 14.0. The van der Waals surface area contributed by atoms with Crippen LogP contribution in [0.4, 0.5) is 13.2 Å². The third kappa shape index (κ3) is 3.28. The molecule has 0 bridgehead atoms. The number of hydrogen-bond donors (Lipinski definition) is 1. The molecule has 0 saturated carbocycles. The number of thioether (sulfide) groups is 1. The van der Waals surface area contributed by atoms with Crippen LogP contribution in [0.25, 0.3) is 11.5 Å². The predicted octanol–water partition coefficient (Wildman–Crippen LogP) is 2.35. The van der Waals surface area contributed by atoms with Crippen LogP contribution in [-0.2, 0) is 11.9 Å². The molecule has 120 valence electrons. The Kier molecular flexibility index (Phi) is 3.94. The molecule has 0 amide bonds. The smallest absolute Gasteiger partial charge is 0.420 e. The minimum atomic E-state index is -4.66. The van der Waals surface area contributed by atoms with Crippen molar-refractivity contribution in [1.82, 2.24) is 25.1 Å². The first kappa shape index (κ1) is 15.3. The zero-order chi connectivity index (χ0) is 16.4. The number of alkyl halides is 3. The van der Waals surface area contributed by atoms with E-state index in [0.29, 0.717) is 10.6 Å². The molecule has 0 aliphatic heterocycles. The van der Waals surface area contributed by atoms with Gasteiger partial charge in [0, 0.05) is 5.56 Å². The van der Waals surface area contributed by atoms with Gasteiger partial charge in [0.25, 0.3) is 5.82 Å². The van der Waals surface area contributed by atoms with Gasteiger partial charge in [0.2, 0.25) is 16.9 Å². The zero-order valence-corrected chi connectivity index (χ0v) is 12.2. The van der Waals surface area contributed by atoms with Crippen LogP contribution >= 0.6 is 11.8 Å². The molecule has 11 heteroatoms. The van der Waals surface area contributed by atoms with Gasteiger partial charge in [0.15, 0.2) is 0 Å².